The molecule has 1 aromatic heterocycles. The number of rotatable bonds is 7. The number of aromatic amines is 1. The van der Waals surface area contributed by atoms with Crippen LogP contribution in [0.15, 0.2) is 36.5 Å². The maximum atomic E-state index is 10.4. The summed E-state index contributed by atoms with van der Waals surface area (Å²) in [6, 6.07) is 9.37. The second kappa shape index (κ2) is 6.72. The lowest BCUT2D eigenvalue weighted by atomic mass is 10.2. The summed E-state index contributed by atoms with van der Waals surface area (Å²) in [6.45, 7) is 1.26. The van der Waals surface area contributed by atoms with Crippen molar-refractivity contribution in [1.29, 1.82) is 0 Å². The minimum atomic E-state index is -0.978. The average molecular weight is 275 g/mol. The topological polar surface area (TPSA) is 78.4 Å². The Morgan fingerprint density at radius 2 is 2.05 bits per heavy atom. The second-order valence-corrected chi connectivity index (χ2v) is 4.58. The number of nitrogens with one attached hydrogen (secondary N) is 1. The Kier molecular flexibility index (Phi) is 4.73. The standard InChI is InChI=1S/C14H17N3O3/c1-17(9-12-6-7-15-16-12)8-11-2-4-13(5-3-11)20-10-14(18)19/h2-7H,8-10H2,1H3,(H,15,16)(H,18,19). The van der Waals surface area contributed by atoms with E-state index in [0.717, 1.165) is 24.3 Å². The van der Waals surface area contributed by atoms with Gasteiger partial charge in [0.1, 0.15) is 5.75 Å². The number of hydrogen-bond acceptors (Lipinski definition) is 4. The van der Waals surface area contributed by atoms with Gasteiger partial charge in [0.2, 0.25) is 0 Å². The van der Waals surface area contributed by atoms with Crippen molar-refractivity contribution in [1.82, 2.24) is 15.1 Å². The molecule has 2 aromatic rings. The Morgan fingerprint density at radius 3 is 2.65 bits per heavy atom. The SMILES string of the molecule is CN(Cc1ccc(OCC(=O)O)cc1)Cc1ccn[nH]1. The van der Waals surface area contributed by atoms with Gasteiger partial charge in [-0.2, -0.15) is 5.10 Å². The van der Waals surface area contributed by atoms with Gasteiger partial charge in [0.15, 0.2) is 6.61 Å². The van der Waals surface area contributed by atoms with Gasteiger partial charge in [-0.3, -0.25) is 10.00 Å². The summed E-state index contributed by atoms with van der Waals surface area (Å²) < 4.78 is 5.09. The van der Waals surface area contributed by atoms with E-state index in [1.807, 2.05) is 25.2 Å². The fourth-order valence-corrected chi connectivity index (χ4v) is 1.87. The lowest BCUT2D eigenvalue weighted by Crippen LogP contribution is -2.17. The highest BCUT2D eigenvalue weighted by molar-refractivity contribution is 5.68. The van der Waals surface area contributed by atoms with Gasteiger partial charge in [-0.05, 0) is 30.8 Å². The summed E-state index contributed by atoms with van der Waals surface area (Å²) >= 11 is 0. The first kappa shape index (κ1) is 14.1. The van der Waals surface area contributed by atoms with Gasteiger partial charge < -0.3 is 9.84 Å². The van der Waals surface area contributed by atoms with Gasteiger partial charge in [0.05, 0.1) is 0 Å². The molecule has 1 aromatic carbocycles. The predicted molar refractivity (Wildman–Crippen MR) is 73.3 cm³/mol. The van der Waals surface area contributed by atoms with Crippen molar-refractivity contribution in [2.45, 2.75) is 13.1 Å². The van der Waals surface area contributed by atoms with E-state index < -0.39 is 5.97 Å². The van der Waals surface area contributed by atoms with E-state index in [9.17, 15) is 4.79 Å². The van der Waals surface area contributed by atoms with Crippen LogP contribution in [0.3, 0.4) is 0 Å². The van der Waals surface area contributed by atoms with E-state index in [0.29, 0.717) is 5.75 Å². The molecule has 106 valence electrons. The zero-order valence-electron chi connectivity index (χ0n) is 11.2. The number of ether oxygens (including phenoxy) is 1. The molecule has 2 N–H and O–H groups in total. The highest BCUT2D eigenvalue weighted by Gasteiger charge is 2.04. The minimum absolute atomic E-state index is 0.320. The quantitative estimate of drug-likeness (QED) is 0.800. The molecule has 0 spiro atoms. The van der Waals surface area contributed by atoms with Crippen LogP contribution in [0.25, 0.3) is 0 Å². The Balaban J connectivity index is 1.85. The summed E-state index contributed by atoms with van der Waals surface area (Å²) in [6.07, 6.45) is 1.73. The molecule has 2 rings (SSSR count). The average Bonchev–Trinajstić information content (AvgIpc) is 2.90. The molecule has 0 radical (unpaired) electrons. The molecule has 0 aliphatic heterocycles. The Morgan fingerprint density at radius 1 is 1.30 bits per heavy atom. The summed E-state index contributed by atoms with van der Waals surface area (Å²) in [7, 11) is 2.02. The van der Waals surface area contributed by atoms with E-state index in [4.69, 9.17) is 9.84 Å². The van der Waals surface area contributed by atoms with Crippen molar-refractivity contribution >= 4 is 5.97 Å². The van der Waals surface area contributed by atoms with Gasteiger partial charge in [-0.1, -0.05) is 12.1 Å². The van der Waals surface area contributed by atoms with Crippen LogP contribution in [-0.2, 0) is 17.9 Å². The zero-order chi connectivity index (χ0) is 14.4. The third-order valence-electron chi connectivity index (χ3n) is 2.74. The molecular weight excluding hydrogens is 258 g/mol. The van der Waals surface area contributed by atoms with Crippen molar-refractivity contribution < 1.29 is 14.6 Å². The monoisotopic (exact) mass is 275 g/mol. The number of hydrogen-bond donors (Lipinski definition) is 2. The molecule has 0 aliphatic carbocycles. The number of aliphatic carboxylic acids is 1. The largest absolute Gasteiger partial charge is 0.482 e. The van der Waals surface area contributed by atoms with Crippen molar-refractivity contribution in [3.8, 4) is 5.75 Å². The summed E-state index contributed by atoms with van der Waals surface area (Å²) in [5.41, 5.74) is 2.20. The fraction of sp³-hybridized carbons (Fsp3) is 0.286. The first-order valence-electron chi connectivity index (χ1n) is 6.24. The van der Waals surface area contributed by atoms with Gasteiger partial charge in [-0.25, -0.2) is 4.79 Å². The number of H-pyrrole nitrogens is 1. The summed E-state index contributed by atoms with van der Waals surface area (Å²) in [5, 5.41) is 15.4. The summed E-state index contributed by atoms with van der Waals surface area (Å²) in [5.74, 6) is -0.416. The lowest BCUT2D eigenvalue weighted by molar-refractivity contribution is -0.139. The molecule has 0 aliphatic rings. The molecule has 0 saturated heterocycles. The fourth-order valence-electron chi connectivity index (χ4n) is 1.87. The van der Waals surface area contributed by atoms with E-state index in [1.54, 1.807) is 18.3 Å². The van der Waals surface area contributed by atoms with Crippen LogP contribution < -0.4 is 4.74 Å². The molecular formula is C14H17N3O3. The Labute approximate surface area is 117 Å². The maximum Gasteiger partial charge on any atom is 0.341 e. The number of benzene rings is 1. The predicted octanol–water partition coefficient (Wildman–Crippen LogP) is 1.51. The van der Waals surface area contributed by atoms with Crippen molar-refractivity contribution in [3.63, 3.8) is 0 Å². The third-order valence-corrected chi connectivity index (χ3v) is 2.74. The van der Waals surface area contributed by atoms with Crippen LogP contribution >= 0.6 is 0 Å². The highest BCUT2D eigenvalue weighted by atomic mass is 16.5. The second-order valence-electron chi connectivity index (χ2n) is 4.58. The molecule has 0 fully saturated rings. The minimum Gasteiger partial charge on any atom is -0.482 e. The Bertz CT molecular complexity index is 537. The molecule has 1 heterocycles. The maximum absolute atomic E-state index is 10.4. The van der Waals surface area contributed by atoms with Gasteiger partial charge in [0.25, 0.3) is 0 Å². The first-order chi connectivity index (χ1) is 9.63. The van der Waals surface area contributed by atoms with E-state index in [-0.39, 0.29) is 6.61 Å². The third kappa shape index (κ3) is 4.40. The normalized spacial score (nSPS) is 10.7. The molecule has 0 bridgehead atoms. The van der Waals surface area contributed by atoms with Gasteiger partial charge in [0, 0.05) is 25.0 Å². The molecule has 0 unspecified atom stereocenters. The number of aromatic nitrogens is 2. The molecule has 0 atom stereocenters. The van der Waals surface area contributed by atoms with Crippen LogP contribution in [-0.4, -0.2) is 39.8 Å². The molecule has 0 amide bonds. The van der Waals surface area contributed by atoms with Crippen LogP contribution in [0, 0.1) is 0 Å². The van der Waals surface area contributed by atoms with Crippen LogP contribution in [0.2, 0.25) is 0 Å². The zero-order valence-corrected chi connectivity index (χ0v) is 11.2. The van der Waals surface area contributed by atoms with Crippen molar-refractivity contribution in [2.75, 3.05) is 13.7 Å². The Hall–Kier alpha value is -2.34. The van der Waals surface area contributed by atoms with E-state index in [1.165, 1.54) is 0 Å². The van der Waals surface area contributed by atoms with Crippen molar-refractivity contribution in [2.24, 2.45) is 0 Å². The highest BCUT2D eigenvalue weighted by Crippen LogP contribution is 2.14. The number of carbonyl (C=O) groups is 1. The smallest absolute Gasteiger partial charge is 0.341 e. The number of carboxylic acids is 1. The van der Waals surface area contributed by atoms with E-state index in [2.05, 4.69) is 15.1 Å². The van der Waals surface area contributed by atoms with Gasteiger partial charge in [-0.15, -0.1) is 0 Å². The number of carboxylic acid groups (broad SMARTS) is 1. The van der Waals surface area contributed by atoms with E-state index >= 15 is 0 Å². The molecule has 6 heteroatoms. The summed E-state index contributed by atoms with van der Waals surface area (Å²) in [4.78, 5) is 12.6. The van der Waals surface area contributed by atoms with Crippen molar-refractivity contribution in [3.05, 3.63) is 47.8 Å². The van der Waals surface area contributed by atoms with Crippen LogP contribution in [0.5, 0.6) is 5.75 Å². The van der Waals surface area contributed by atoms with Crippen LogP contribution in [0.4, 0.5) is 0 Å². The molecule has 0 saturated carbocycles. The first-order valence-corrected chi connectivity index (χ1v) is 6.24. The number of nitrogens with zero attached hydrogens (tertiary/aromatic N) is 2. The molecule has 20 heavy (non-hydrogen) atoms. The van der Waals surface area contributed by atoms with Crippen LogP contribution in [0.1, 0.15) is 11.3 Å². The van der Waals surface area contributed by atoms with Gasteiger partial charge >= 0.3 is 5.97 Å². The molecule has 6 nitrogen and oxygen atoms in total. The lowest BCUT2D eigenvalue weighted by Gasteiger charge is -2.15.